The van der Waals surface area contributed by atoms with Crippen LogP contribution in [0.15, 0.2) is 58.3 Å². The van der Waals surface area contributed by atoms with Crippen LogP contribution >= 0.6 is 15.9 Å². The van der Waals surface area contributed by atoms with Gasteiger partial charge < -0.3 is 0 Å². The number of fused-ring (bicyclic) bond motifs is 1. The van der Waals surface area contributed by atoms with Crippen molar-refractivity contribution < 1.29 is 8.42 Å². The van der Waals surface area contributed by atoms with E-state index in [0.717, 1.165) is 4.60 Å². The summed E-state index contributed by atoms with van der Waals surface area (Å²) in [5.41, 5.74) is 0.568. The number of aromatic nitrogens is 3. The fourth-order valence-corrected chi connectivity index (χ4v) is 3.23. The quantitative estimate of drug-likeness (QED) is 0.784. The first kappa shape index (κ1) is 13.1. The zero-order chi connectivity index (χ0) is 14.2. The van der Waals surface area contributed by atoms with E-state index >= 15 is 0 Å². The lowest BCUT2D eigenvalue weighted by atomic mass is 10.4. The van der Waals surface area contributed by atoms with Crippen molar-refractivity contribution >= 4 is 37.3 Å². The molecule has 0 spiro atoms. The van der Waals surface area contributed by atoms with Gasteiger partial charge in [0.2, 0.25) is 0 Å². The van der Waals surface area contributed by atoms with E-state index in [-0.39, 0.29) is 10.7 Å². The fraction of sp³-hybridized carbons (Fsp3) is 0. The van der Waals surface area contributed by atoms with Gasteiger partial charge in [-0.05, 0) is 40.2 Å². The Morgan fingerprint density at radius 1 is 1.10 bits per heavy atom. The average molecular weight is 353 g/mol. The number of nitrogens with one attached hydrogen (secondary N) is 1. The topological polar surface area (TPSA) is 76.4 Å². The first-order valence-electron chi connectivity index (χ1n) is 5.64. The van der Waals surface area contributed by atoms with Gasteiger partial charge in [-0.15, -0.1) is 0 Å². The molecule has 2 heterocycles. The lowest BCUT2D eigenvalue weighted by Crippen LogP contribution is -2.15. The molecule has 3 rings (SSSR count). The molecule has 6 nitrogen and oxygen atoms in total. The van der Waals surface area contributed by atoms with Gasteiger partial charge in [-0.25, -0.2) is 17.9 Å². The summed E-state index contributed by atoms with van der Waals surface area (Å²) in [6.07, 6.45) is 1.29. The smallest absolute Gasteiger partial charge is 0.261 e. The summed E-state index contributed by atoms with van der Waals surface area (Å²) in [5, 5.41) is 4.03. The number of hydrogen-bond donors (Lipinski definition) is 1. The molecular weight excluding hydrogens is 344 g/mol. The fourth-order valence-electron chi connectivity index (χ4n) is 1.77. The van der Waals surface area contributed by atoms with Crippen molar-refractivity contribution in [2.75, 3.05) is 4.72 Å². The predicted octanol–water partition coefficient (Wildman–Crippen LogP) is 2.29. The standard InChI is InChI=1S/C12H9BrN4O2S/c13-11-7-6-10-12(14-8-15-17(10)11)16-20(18,19)9-4-2-1-3-5-9/h1-8H,(H,14,15,16). The molecule has 0 atom stereocenters. The van der Waals surface area contributed by atoms with Crippen LogP contribution in [-0.2, 0) is 10.0 Å². The lowest BCUT2D eigenvalue weighted by molar-refractivity contribution is 0.601. The van der Waals surface area contributed by atoms with Gasteiger partial charge in [0.05, 0.1) is 4.90 Å². The maximum atomic E-state index is 12.3. The number of hydrogen-bond acceptors (Lipinski definition) is 4. The van der Waals surface area contributed by atoms with E-state index in [4.69, 9.17) is 0 Å². The molecule has 1 aromatic carbocycles. The molecule has 0 aliphatic carbocycles. The molecule has 102 valence electrons. The van der Waals surface area contributed by atoms with Crippen molar-refractivity contribution in [3.05, 3.63) is 53.4 Å². The zero-order valence-corrected chi connectivity index (χ0v) is 12.5. The Morgan fingerprint density at radius 3 is 2.60 bits per heavy atom. The van der Waals surface area contributed by atoms with E-state index in [1.807, 2.05) is 0 Å². The molecule has 2 aromatic heterocycles. The summed E-state index contributed by atoms with van der Waals surface area (Å²) in [5.74, 6) is 0.231. The molecule has 1 N–H and O–H groups in total. The van der Waals surface area contributed by atoms with Crippen molar-refractivity contribution in [2.24, 2.45) is 0 Å². The second-order valence-electron chi connectivity index (χ2n) is 3.98. The number of benzene rings is 1. The molecule has 0 saturated heterocycles. The van der Waals surface area contributed by atoms with Crippen LogP contribution < -0.4 is 4.72 Å². The number of rotatable bonds is 3. The van der Waals surface area contributed by atoms with E-state index in [9.17, 15) is 8.42 Å². The Kier molecular flexibility index (Phi) is 3.19. The first-order chi connectivity index (χ1) is 9.58. The van der Waals surface area contributed by atoms with E-state index in [0.29, 0.717) is 5.52 Å². The van der Waals surface area contributed by atoms with Gasteiger partial charge in [0.25, 0.3) is 10.0 Å². The van der Waals surface area contributed by atoms with Crippen LogP contribution in [0, 0.1) is 0 Å². The van der Waals surface area contributed by atoms with E-state index < -0.39 is 10.0 Å². The minimum absolute atomic E-state index is 0.183. The molecule has 0 radical (unpaired) electrons. The summed E-state index contributed by atoms with van der Waals surface area (Å²) in [4.78, 5) is 4.17. The molecule has 0 fully saturated rings. The van der Waals surface area contributed by atoms with Crippen molar-refractivity contribution in [1.29, 1.82) is 0 Å². The average Bonchev–Trinajstić information content (AvgIpc) is 2.83. The van der Waals surface area contributed by atoms with E-state index in [2.05, 4.69) is 30.7 Å². The Morgan fingerprint density at radius 2 is 1.85 bits per heavy atom. The third-order valence-corrected chi connectivity index (χ3v) is 4.65. The molecule has 20 heavy (non-hydrogen) atoms. The van der Waals surface area contributed by atoms with Crippen molar-refractivity contribution in [1.82, 2.24) is 14.6 Å². The van der Waals surface area contributed by atoms with Gasteiger partial charge in [-0.1, -0.05) is 18.2 Å². The molecule has 3 aromatic rings. The SMILES string of the molecule is O=S(=O)(Nc1ncnn2c(Br)ccc12)c1ccccc1. The van der Waals surface area contributed by atoms with E-state index in [1.165, 1.54) is 18.5 Å². The Hall–Kier alpha value is -1.93. The summed E-state index contributed by atoms with van der Waals surface area (Å²) in [7, 11) is -3.66. The van der Waals surface area contributed by atoms with Crippen molar-refractivity contribution in [2.45, 2.75) is 4.90 Å². The van der Waals surface area contributed by atoms with Crippen LogP contribution in [0.5, 0.6) is 0 Å². The first-order valence-corrected chi connectivity index (χ1v) is 7.92. The minimum atomic E-state index is -3.66. The molecule has 0 bridgehead atoms. The molecule has 0 amide bonds. The Bertz CT molecular complexity index is 862. The third kappa shape index (κ3) is 2.27. The summed E-state index contributed by atoms with van der Waals surface area (Å²) >= 11 is 3.32. The van der Waals surface area contributed by atoms with Crippen LogP contribution in [0.1, 0.15) is 0 Å². The summed E-state index contributed by atoms with van der Waals surface area (Å²) in [6.45, 7) is 0. The van der Waals surface area contributed by atoms with Crippen LogP contribution in [0.4, 0.5) is 5.82 Å². The van der Waals surface area contributed by atoms with E-state index in [1.54, 1.807) is 34.8 Å². The van der Waals surface area contributed by atoms with Gasteiger partial charge in [-0.3, -0.25) is 4.72 Å². The molecule has 0 aliphatic rings. The summed E-state index contributed by atoms with van der Waals surface area (Å²) < 4.78 is 29.3. The highest BCUT2D eigenvalue weighted by Gasteiger charge is 2.16. The largest absolute Gasteiger partial charge is 0.263 e. The van der Waals surface area contributed by atoms with Gasteiger partial charge >= 0.3 is 0 Å². The maximum Gasteiger partial charge on any atom is 0.263 e. The van der Waals surface area contributed by atoms with Gasteiger partial charge in [0.1, 0.15) is 16.4 Å². The number of sulfonamides is 1. The molecule has 0 aliphatic heterocycles. The monoisotopic (exact) mass is 352 g/mol. The highest BCUT2D eigenvalue weighted by molar-refractivity contribution is 9.10. The summed E-state index contributed by atoms with van der Waals surface area (Å²) in [6, 6.07) is 11.6. The lowest BCUT2D eigenvalue weighted by Gasteiger charge is -2.08. The third-order valence-electron chi connectivity index (χ3n) is 2.69. The number of halogens is 1. The second kappa shape index (κ2) is 4.88. The van der Waals surface area contributed by atoms with Crippen molar-refractivity contribution in [3.8, 4) is 0 Å². The maximum absolute atomic E-state index is 12.3. The van der Waals surface area contributed by atoms with Crippen LogP contribution in [0.2, 0.25) is 0 Å². The number of nitrogens with zero attached hydrogens (tertiary/aromatic N) is 3. The molecule has 0 saturated carbocycles. The normalized spacial score (nSPS) is 11.7. The Labute approximate surface area is 123 Å². The molecule has 8 heteroatoms. The highest BCUT2D eigenvalue weighted by Crippen LogP contribution is 2.22. The van der Waals surface area contributed by atoms with Gasteiger partial charge in [0.15, 0.2) is 5.82 Å². The second-order valence-corrected chi connectivity index (χ2v) is 6.48. The molecular formula is C12H9BrN4O2S. The van der Waals surface area contributed by atoms with Gasteiger partial charge in [-0.2, -0.15) is 5.10 Å². The number of anilines is 1. The predicted molar refractivity (Wildman–Crippen MR) is 77.9 cm³/mol. The Balaban J connectivity index is 2.06. The van der Waals surface area contributed by atoms with Crippen LogP contribution in [0.25, 0.3) is 5.52 Å². The minimum Gasteiger partial charge on any atom is -0.261 e. The van der Waals surface area contributed by atoms with Crippen LogP contribution in [0.3, 0.4) is 0 Å². The molecule has 0 unspecified atom stereocenters. The highest BCUT2D eigenvalue weighted by atomic mass is 79.9. The zero-order valence-electron chi connectivity index (χ0n) is 10.1. The van der Waals surface area contributed by atoms with Gasteiger partial charge in [0, 0.05) is 0 Å². The van der Waals surface area contributed by atoms with Crippen LogP contribution in [-0.4, -0.2) is 23.0 Å². The van der Waals surface area contributed by atoms with Crippen molar-refractivity contribution in [3.63, 3.8) is 0 Å².